The van der Waals surface area contributed by atoms with Gasteiger partial charge in [-0.1, -0.05) is 52.0 Å². The van der Waals surface area contributed by atoms with E-state index in [2.05, 4.69) is 56.9 Å². The molecule has 0 saturated carbocycles. The lowest BCUT2D eigenvalue weighted by Crippen LogP contribution is -2.36. The first kappa shape index (κ1) is 15.5. The van der Waals surface area contributed by atoms with Crippen LogP contribution in [0.1, 0.15) is 63.7 Å². The van der Waals surface area contributed by atoms with Gasteiger partial charge in [-0.25, -0.2) is 0 Å². The molecule has 1 saturated heterocycles. The van der Waals surface area contributed by atoms with E-state index in [0.717, 1.165) is 18.7 Å². The Kier molecular flexibility index (Phi) is 5.22. The van der Waals surface area contributed by atoms with Crippen LogP contribution < -0.4 is 0 Å². The molecule has 2 atom stereocenters. The second kappa shape index (κ2) is 6.73. The van der Waals surface area contributed by atoms with Crippen LogP contribution in [0.4, 0.5) is 0 Å². The third-order valence-electron chi connectivity index (χ3n) is 4.58. The van der Waals surface area contributed by atoms with Crippen LogP contribution >= 0.6 is 0 Å². The molecule has 0 aliphatic carbocycles. The molecule has 2 heteroatoms. The maximum Gasteiger partial charge on any atom is 0.0917 e. The minimum absolute atomic E-state index is 0.365. The van der Waals surface area contributed by atoms with Crippen molar-refractivity contribution < 1.29 is 5.11 Å². The zero-order chi connectivity index (χ0) is 14.7. The first-order valence-corrected chi connectivity index (χ1v) is 8.01. The molecule has 0 amide bonds. The van der Waals surface area contributed by atoms with Gasteiger partial charge < -0.3 is 5.11 Å². The van der Waals surface area contributed by atoms with Gasteiger partial charge >= 0.3 is 0 Å². The fourth-order valence-corrected chi connectivity index (χ4v) is 3.26. The Morgan fingerprint density at radius 3 is 2.25 bits per heavy atom. The van der Waals surface area contributed by atoms with Gasteiger partial charge in [0.25, 0.3) is 0 Å². The van der Waals surface area contributed by atoms with Crippen LogP contribution in [0.5, 0.6) is 0 Å². The van der Waals surface area contributed by atoms with Crippen LogP contribution in [0, 0.1) is 5.92 Å². The molecule has 0 spiro atoms. The summed E-state index contributed by atoms with van der Waals surface area (Å²) >= 11 is 0. The number of rotatable bonds is 5. The van der Waals surface area contributed by atoms with Crippen molar-refractivity contribution in [3.8, 4) is 0 Å². The van der Waals surface area contributed by atoms with E-state index in [-0.39, 0.29) is 6.10 Å². The van der Waals surface area contributed by atoms with Crippen molar-refractivity contribution in [2.45, 2.75) is 58.6 Å². The minimum Gasteiger partial charge on any atom is -0.387 e. The maximum absolute atomic E-state index is 10.5. The molecule has 0 radical (unpaired) electrons. The maximum atomic E-state index is 10.5. The molecular formula is C18H29NO. The Morgan fingerprint density at radius 1 is 1.10 bits per heavy atom. The Balaban J connectivity index is 1.99. The Bertz CT molecular complexity index is 410. The molecule has 20 heavy (non-hydrogen) atoms. The zero-order valence-corrected chi connectivity index (χ0v) is 13.3. The standard InChI is InChI=1S/C18H29NO/c1-13(2)15-7-9-16(10-8-15)18(20)12-19-11-5-6-17(19)14(3)4/h7-10,13-14,17-18,20H,5-6,11-12H2,1-4H3. The van der Waals surface area contributed by atoms with Gasteiger partial charge in [-0.2, -0.15) is 0 Å². The molecule has 2 nitrogen and oxygen atoms in total. The molecule has 0 bridgehead atoms. The first-order valence-electron chi connectivity index (χ1n) is 8.01. The lowest BCUT2D eigenvalue weighted by molar-refractivity contribution is 0.0939. The van der Waals surface area contributed by atoms with Crippen LogP contribution in [-0.4, -0.2) is 29.1 Å². The fraction of sp³-hybridized carbons (Fsp3) is 0.667. The monoisotopic (exact) mass is 275 g/mol. The fourth-order valence-electron chi connectivity index (χ4n) is 3.26. The average molecular weight is 275 g/mol. The summed E-state index contributed by atoms with van der Waals surface area (Å²) in [7, 11) is 0. The highest BCUT2D eigenvalue weighted by Crippen LogP contribution is 2.27. The topological polar surface area (TPSA) is 23.5 Å². The number of aliphatic hydroxyl groups excluding tert-OH is 1. The number of hydrogen-bond acceptors (Lipinski definition) is 2. The smallest absolute Gasteiger partial charge is 0.0917 e. The molecule has 1 aliphatic heterocycles. The third kappa shape index (κ3) is 3.62. The summed E-state index contributed by atoms with van der Waals surface area (Å²) in [5.41, 5.74) is 2.38. The van der Waals surface area contributed by atoms with Gasteiger partial charge in [-0.15, -0.1) is 0 Å². The quantitative estimate of drug-likeness (QED) is 0.879. The lowest BCUT2D eigenvalue weighted by atomic mass is 9.99. The Hall–Kier alpha value is -0.860. The summed E-state index contributed by atoms with van der Waals surface area (Å²) in [5.74, 6) is 1.22. The first-order chi connectivity index (χ1) is 9.49. The number of aliphatic hydroxyl groups is 1. The average Bonchev–Trinajstić information content (AvgIpc) is 2.87. The molecule has 1 N–H and O–H groups in total. The molecule has 0 aromatic heterocycles. The number of likely N-dealkylation sites (tertiary alicyclic amines) is 1. The van der Waals surface area contributed by atoms with Crippen molar-refractivity contribution in [1.82, 2.24) is 4.90 Å². The summed E-state index contributed by atoms with van der Waals surface area (Å²) in [6.07, 6.45) is 2.17. The molecule has 1 aliphatic rings. The molecular weight excluding hydrogens is 246 g/mol. The molecule has 1 fully saturated rings. The van der Waals surface area contributed by atoms with Crippen molar-refractivity contribution in [2.75, 3.05) is 13.1 Å². The summed E-state index contributed by atoms with van der Waals surface area (Å²) in [6, 6.07) is 9.10. The molecule has 2 rings (SSSR count). The Labute approximate surface area is 123 Å². The number of benzene rings is 1. The van der Waals surface area contributed by atoms with E-state index in [1.54, 1.807) is 0 Å². The van der Waals surface area contributed by atoms with E-state index in [0.29, 0.717) is 17.9 Å². The highest BCUT2D eigenvalue weighted by Gasteiger charge is 2.28. The lowest BCUT2D eigenvalue weighted by Gasteiger charge is -2.29. The number of β-amino-alcohol motifs (C(OH)–C–C–N with tert-alkyl or cyclic N) is 1. The summed E-state index contributed by atoms with van der Waals surface area (Å²) in [6.45, 7) is 10.9. The summed E-state index contributed by atoms with van der Waals surface area (Å²) in [4.78, 5) is 2.46. The normalized spacial score (nSPS) is 21.9. The van der Waals surface area contributed by atoms with Crippen molar-refractivity contribution in [1.29, 1.82) is 0 Å². The zero-order valence-electron chi connectivity index (χ0n) is 13.3. The SMILES string of the molecule is CC(C)c1ccc(C(O)CN2CCCC2C(C)C)cc1. The molecule has 112 valence electrons. The largest absolute Gasteiger partial charge is 0.387 e. The van der Waals surface area contributed by atoms with Crippen LogP contribution in [-0.2, 0) is 0 Å². The molecule has 1 aromatic rings. The van der Waals surface area contributed by atoms with E-state index in [9.17, 15) is 5.11 Å². The van der Waals surface area contributed by atoms with Gasteiger partial charge in [0.05, 0.1) is 6.10 Å². The van der Waals surface area contributed by atoms with Crippen molar-refractivity contribution in [3.05, 3.63) is 35.4 Å². The summed E-state index contributed by atoms with van der Waals surface area (Å²) < 4.78 is 0. The van der Waals surface area contributed by atoms with Gasteiger partial charge in [0.1, 0.15) is 0 Å². The van der Waals surface area contributed by atoms with Crippen LogP contribution in [0.15, 0.2) is 24.3 Å². The highest BCUT2D eigenvalue weighted by molar-refractivity contribution is 5.26. The van der Waals surface area contributed by atoms with Gasteiger partial charge in [0.2, 0.25) is 0 Å². The van der Waals surface area contributed by atoms with E-state index < -0.39 is 0 Å². The Morgan fingerprint density at radius 2 is 1.70 bits per heavy atom. The second-order valence-corrected chi connectivity index (χ2v) is 6.79. The highest BCUT2D eigenvalue weighted by atomic mass is 16.3. The summed E-state index contributed by atoms with van der Waals surface area (Å²) in [5, 5.41) is 10.5. The number of nitrogens with zero attached hydrogens (tertiary/aromatic N) is 1. The van der Waals surface area contributed by atoms with Gasteiger partial charge in [0, 0.05) is 12.6 Å². The van der Waals surface area contributed by atoms with E-state index in [1.807, 2.05) is 0 Å². The number of hydrogen-bond donors (Lipinski definition) is 1. The van der Waals surface area contributed by atoms with Crippen molar-refractivity contribution in [2.24, 2.45) is 5.92 Å². The van der Waals surface area contributed by atoms with Crippen LogP contribution in [0.2, 0.25) is 0 Å². The second-order valence-electron chi connectivity index (χ2n) is 6.79. The molecule has 1 aromatic carbocycles. The van der Waals surface area contributed by atoms with E-state index >= 15 is 0 Å². The van der Waals surface area contributed by atoms with Gasteiger partial charge in [0.15, 0.2) is 0 Å². The van der Waals surface area contributed by atoms with Crippen molar-refractivity contribution in [3.63, 3.8) is 0 Å². The third-order valence-corrected chi connectivity index (χ3v) is 4.58. The predicted molar refractivity (Wildman–Crippen MR) is 84.9 cm³/mol. The van der Waals surface area contributed by atoms with Crippen LogP contribution in [0.25, 0.3) is 0 Å². The predicted octanol–water partition coefficient (Wildman–Crippen LogP) is 3.96. The van der Waals surface area contributed by atoms with Gasteiger partial charge in [-0.05, 0) is 42.3 Å². The molecule has 1 heterocycles. The van der Waals surface area contributed by atoms with Crippen LogP contribution in [0.3, 0.4) is 0 Å². The molecule has 2 unspecified atom stereocenters. The minimum atomic E-state index is -0.365. The van der Waals surface area contributed by atoms with E-state index in [1.165, 1.54) is 18.4 Å². The van der Waals surface area contributed by atoms with E-state index in [4.69, 9.17) is 0 Å². The van der Waals surface area contributed by atoms with Gasteiger partial charge in [-0.3, -0.25) is 4.90 Å². The van der Waals surface area contributed by atoms with Crippen molar-refractivity contribution >= 4 is 0 Å².